The highest BCUT2D eigenvalue weighted by Gasteiger charge is 2.13. The summed E-state index contributed by atoms with van der Waals surface area (Å²) in [6.07, 6.45) is 4.53. The molecule has 0 spiro atoms. The average Bonchev–Trinajstić information content (AvgIpc) is 2.81. The summed E-state index contributed by atoms with van der Waals surface area (Å²) >= 11 is 2.06. The predicted molar refractivity (Wildman–Crippen MR) is 73.4 cm³/mol. The van der Waals surface area contributed by atoms with E-state index in [1.807, 2.05) is 18.4 Å². The van der Waals surface area contributed by atoms with E-state index < -0.39 is 0 Å². The lowest BCUT2D eigenvalue weighted by molar-refractivity contribution is 0.505. The summed E-state index contributed by atoms with van der Waals surface area (Å²) in [5.74, 6) is 2.57. The molecule has 3 rings (SSSR count). The smallest absolute Gasteiger partial charge is 0.134 e. The molecule has 0 radical (unpaired) electrons. The van der Waals surface area contributed by atoms with Crippen LogP contribution in [0.25, 0.3) is 11.0 Å². The molecule has 0 saturated carbocycles. The van der Waals surface area contributed by atoms with Gasteiger partial charge in [0.05, 0.1) is 6.26 Å². The lowest BCUT2D eigenvalue weighted by atomic mass is 10.1. The molecule has 1 N–H and O–H groups in total. The number of hydrogen-bond donors (Lipinski definition) is 1. The van der Waals surface area contributed by atoms with Gasteiger partial charge in [-0.05, 0) is 24.7 Å². The third-order valence-corrected chi connectivity index (χ3v) is 4.52. The van der Waals surface area contributed by atoms with E-state index >= 15 is 0 Å². The van der Waals surface area contributed by atoms with E-state index in [4.69, 9.17) is 4.42 Å². The number of furan rings is 1. The van der Waals surface area contributed by atoms with E-state index in [0.717, 1.165) is 12.1 Å². The third kappa shape index (κ3) is 2.50. The highest BCUT2D eigenvalue weighted by Crippen LogP contribution is 2.22. The van der Waals surface area contributed by atoms with Crippen LogP contribution >= 0.6 is 11.8 Å². The minimum Gasteiger partial charge on any atom is -0.464 e. The van der Waals surface area contributed by atoms with Gasteiger partial charge in [-0.25, -0.2) is 0 Å². The molecule has 1 aliphatic rings. The predicted octanol–water partition coefficient (Wildman–Crippen LogP) is 3.42. The lowest BCUT2D eigenvalue weighted by Crippen LogP contribution is -2.33. The molecule has 2 nitrogen and oxygen atoms in total. The summed E-state index contributed by atoms with van der Waals surface area (Å²) in [6, 6.07) is 8.90. The van der Waals surface area contributed by atoms with Gasteiger partial charge in [0, 0.05) is 29.3 Å². The van der Waals surface area contributed by atoms with Crippen LogP contribution in [0.5, 0.6) is 0 Å². The van der Waals surface area contributed by atoms with Gasteiger partial charge in [0.1, 0.15) is 5.58 Å². The molecule has 3 heteroatoms. The largest absolute Gasteiger partial charge is 0.464 e. The fourth-order valence-electron chi connectivity index (χ4n) is 2.33. The SMILES string of the molecule is c1ccc2c(CNC3CCCSC3)coc2c1. The van der Waals surface area contributed by atoms with Crippen LogP contribution in [0.3, 0.4) is 0 Å². The number of thioether (sulfide) groups is 1. The van der Waals surface area contributed by atoms with Gasteiger partial charge in [-0.1, -0.05) is 18.2 Å². The molecule has 1 aliphatic heterocycles. The summed E-state index contributed by atoms with van der Waals surface area (Å²) in [5, 5.41) is 4.87. The Morgan fingerprint density at radius 3 is 3.18 bits per heavy atom. The number of hydrogen-bond acceptors (Lipinski definition) is 3. The van der Waals surface area contributed by atoms with Crippen LogP contribution < -0.4 is 5.32 Å². The van der Waals surface area contributed by atoms with Gasteiger partial charge in [0.15, 0.2) is 0 Å². The average molecular weight is 247 g/mol. The number of nitrogens with one attached hydrogen (secondary N) is 1. The zero-order chi connectivity index (χ0) is 11.5. The normalized spacial score (nSPS) is 20.8. The van der Waals surface area contributed by atoms with Crippen molar-refractivity contribution in [2.45, 2.75) is 25.4 Å². The van der Waals surface area contributed by atoms with E-state index in [1.165, 1.54) is 35.3 Å². The Morgan fingerprint density at radius 1 is 1.35 bits per heavy atom. The number of fused-ring (bicyclic) bond motifs is 1. The molecule has 1 aromatic heterocycles. The third-order valence-electron chi connectivity index (χ3n) is 3.30. The summed E-state index contributed by atoms with van der Waals surface area (Å²) in [6.45, 7) is 0.919. The Hall–Kier alpha value is -0.930. The molecule has 1 saturated heterocycles. The molecule has 17 heavy (non-hydrogen) atoms. The van der Waals surface area contributed by atoms with Crippen LogP contribution in [0, 0.1) is 0 Å². The number of para-hydroxylation sites is 1. The van der Waals surface area contributed by atoms with Crippen LogP contribution in [-0.2, 0) is 6.54 Å². The first kappa shape index (κ1) is 11.2. The van der Waals surface area contributed by atoms with Crippen LogP contribution in [0.4, 0.5) is 0 Å². The molecular formula is C14H17NOS. The maximum atomic E-state index is 5.54. The van der Waals surface area contributed by atoms with Crippen LogP contribution in [0.15, 0.2) is 34.9 Å². The van der Waals surface area contributed by atoms with Gasteiger partial charge in [-0.3, -0.25) is 0 Å². The van der Waals surface area contributed by atoms with Crippen molar-refractivity contribution in [3.63, 3.8) is 0 Å². The molecule has 1 unspecified atom stereocenters. The minimum absolute atomic E-state index is 0.669. The Kier molecular flexibility index (Phi) is 3.39. The molecule has 0 amide bonds. The molecule has 2 heterocycles. The van der Waals surface area contributed by atoms with E-state index in [9.17, 15) is 0 Å². The zero-order valence-electron chi connectivity index (χ0n) is 9.82. The molecular weight excluding hydrogens is 230 g/mol. The second-order valence-electron chi connectivity index (χ2n) is 4.55. The Labute approximate surface area is 106 Å². The van der Waals surface area contributed by atoms with Gasteiger partial charge >= 0.3 is 0 Å². The summed E-state index contributed by atoms with van der Waals surface area (Å²) in [7, 11) is 0. The monoisotopic (exact) mass is 247 g/mol. The molecule has 2 aromatic rings. The van der Waals surface area contributed by atoms with Crippen molar-refractivity contribution in [1.29, 1.82) is 0 Å². The molecule has 90 valence electrons. The van der Waals surface area contributed by atoms with Crippen molar-refractivity contribution < 1.29 is 4.42 Å². The van der Waals surface area contributed by atoms with Crippen molar-refractivity contribution in [3.05, 3.63) is 36.1 Å². The lowest BCUT2D eigenvalue weighted by Gasteiger charge is -2.22. The summed E-state index contributed by atoms with van der Waals surface area (Å²) in [5.41, 5.74) is 2.26. The zero-order valence-corrected chi connectivity index (χ0v) is 10.6. The maximum absolute atomic E-state index is 5.54. The second-order valence-corrected chi connectivity index (χ2v) is 5.70. The van der Waals surface area contributed by atoms with Crippen molar-refractivity contribution in [2.75, 3.05) is 11.5 Å². The quantitative estimate of drug-likeness (QED) is 0.899. The fourth-order valence-corrected chi connectivity index (χ4v) is 3.43. The molecule has 0 aliphatic carbocycles. The molecule has 0 bridgehead atoms. The first-order valence-electron chi connectivity index (χ1n) is 6.20. The van der Waals surface area contributed by atoms with Gasteiger partial charge in [0.2, 0.25) is 0 Å². The van der Waals surface area contributed by atoms with Gasteiger partial charge in [0.25, 0.3) is 0 Å². The maximum Gasteiger partial charge on any atom is 0.134 e. The van der Waals surface area contributed by atoms with Gasteiger partial charge in [-0.2, -0.15) is 11.8 Å². The van der Waals surface area contributed by atoms with E-state index in [1.54, 1.807) is 0 Å². The Balaban J connectivity index is 1.68. The number of benzene rings is 1. The van der Waals surface area contributed by atoms with E-state index in [0.29, 0.717) is 6.04 Å². The first-order valence-corrected chi connectivity index (χ1v) is 7.35. The number of rotatable bonds is 3. The molecule has 1 atom stereocenters. The van der Waals surface area contributed by atoms with Crippen molar-refractivity contribution in [3.8, 4) is 0 Å². The van der Waals surface area contributed by atoms with Crippen LogP contribution in [0.1, 0.15) is 18.4 Å². The van der Waals surface area contributed by atoms with Crippen LogP contribution in [0.2, 0.25) is 0 Å². The van der Waals surface area contributed by atoms with Crippen molar-refractivity contribution in [1.82, 2.24) is 5.32 Å². The minimum atomic E-state index is 0.669. The van der Waals surface area contributed by atoms with E-state index in [-0.39, 0.29) is 0 Å². The molecule has 1 aromatic carbocycles. The van der Waals surface area contributed by atoms with E-state index in [2.05, 4.69) is 29.2 Å². The highest BCUT2D eigenvalue weighted by atomic mass is 32.2. The van der Waals surface area contributed by atoms with Gasteiger partial charge < -0.3 is 9.73 Å². The summed E-state index contributed by atoms with van der Waals surface area (Å²) < 4.78 is 5.54. The Bertz CT molecular complexity index is 488. The van der Waals surface area contributed by atoms with Crippen molar-refractivity contribution in [2.24, 2.45) is 0 Å². The highest BCUT2D eigenvalue weighted by molar-refractivity contribution is 7.99. The Morgan fingerprint density at radius 2 is 2.29 bits per heavy atom. The topological polar surface area (TPSA) is 25.2 Å². The fraction of sp³-hybridized carbons (Fsp3) is 0.429. The molecule has 1 fully saturated rings. The standard InChI is InChI=1S/C14H17NOS/c1-2-6-14-13(5-1)11(9-16-14)8-15-12-4-3-7-17-10-12/h1-2,5-6,9,12,15H,3-4,7-8,10H2. The van der Waals surface area contributed by atoms with Gasteiger partial charge in [-0.15, -0.1) is 0 Å². The first-order chi connectivity index (χ1) is 8.43. The second kappa shape index (κ2) is 5.15. The summed E-state index contributed by atoms with van der Waals surface area (Å²) in [4.78, 5) is 0. The van der Waals surface area contributed by atoms with Crippen LogP contribution in [-0.4, -0.2) is 17.5 Å². The van der Waals surface area contributed by atoms with Crippen molar-refractivity contribution >= 4 is 22.7 Å².